The maximum absolute atomic E-state index is 6.18. The van der Waals surface area contributed by atoms with Gasteiger partial charge in [0.1, 0.15) is 0 Å². The summed E-state index contributed by atoms with van der Waals surface area (Å²) >= 11 is 0. The summed E-state index contributed by atoms with van der Waals surface area (Å²) in [5.41, 5.74) is 0.168. The molecule has 0 radical (unpaired) electrons. The summed E-state index contributed by atoms with van der Waals surface area (Å²) < 4.78 is 11.8. The van der Waals surface area contributed by atoms with E-state index in [9.17, 15) is 0 Å². The summed E-state index contributed by atoms with van der Waals surface area (Å²) in [4.78, 5) is 0. The third-order valence-electron chi connectivity index (χ3n) is 5.35. The maximum atomic E-state index is 6.18. The smallest absolute Gasteiger partial charge is 0.0685 e. The molecule has 1 saturated heterocycles. The van der Waals surface area contributed by atoms with Crippen LogP contribution in [-0.4, -0.2) is 37.5 Å². The van der Waals surface area contributed by atoms with Crippen LogP contribution < -0.4 is 5.32 Å². The van der Waals surface area contributed by atoms with Crippen LogP contribution in [0.4, 0.5) is 0 Å². The fourth-order valence-corrected chi connectivity index (χ4v) is 4.06. The second-order valence-corrected chi connectivity index (χ2v) is 7.32. The normalized spacial score (nSPS) is 27.9. The number of rotatable bonds is 6. The molecule has 1 aliphatic heterocycles. The van der Waals surface area contributed by atoms with E-state index in [4.69, 9.17) is 9.47 Å². The van der Waals surface area contributed by atoms with Crippen molar-refractivity contribution in [2.45, 2.75) is 83.0 Å². The SMILES string of the molecule is CCNC(CC(C)(C)OC)C1CCOC2(CCCC2)C1. The molecule has 20 heavy (non-hydrogen) atoms. The minimum atomic E-state index is -0.0476. The lowest BCUT2D eigenvalue weighted by Gasteiger charge is -2.43. The maximum Gasteiger partial charge on any atom is 0.0685 e. The Hall–Kier alpha value is -0.120. The zero-order valence-electron chi connectivity index (χ0n) is 13.8. The van der Waals surface area contributed by atoms with Crippen LogP contribution in [0.1, 0.15) is 65.7 Å². The van der Waals surface area contributed by atoms with E-state index in [1.807, 2.05) is 7.11 Å². The Morgan fingerprint density at radius 1 is 1.35 bits per heavy atom. The molecule has 0 aromatic heterocycles. The van der Waals surface area contributed by atoms with Crippen molar-refractivity contribution >= 4 is 0 Å². The van der Waals surface area contributed by atoms with Gasteiger partial charge in [-0.3, -0.25) is 0 Å². The first-order valence-corrected chi connectivity index (χ1v) is 8.43. The molecule has 1 N–H and O–H groups in total. The molecule has 0 aromatic carbocycles. The van der Waals surface area contributed by atoms with Crippen LogP contribution in [0.25, 0.3) is 0 Å². The summed E-state index contributed by atoms with van der Waals surface area (Å²) in [5, 5.41) is 3.71. The average molecular weight is 283 g/mol. The van der Waals surface area contributed by atoms with Gasteiger partial charge in [-0.1, -0.05) is 19.8 Å². The van der Waals surface area contributed by atoms with Gasteiger partial charge in [0, 0.05) is 19.8 Å². The molecule has 1 spiro atoms. The Bertz CT molecular complexity index is 297. The van der Waals surface area contributed by atoms with Crippen LogP contribution in [0.15, 0.2) is 0 Å². The highest BCUT2D eigenvalue weighted by atomic mass is 16.5. The van der Waals surface area contributed by atoms with Crippen LogP contribution in [0, 0.1) is 5.92 Å². The monoisotopic (exact) mass is 283 g/mol. The van der Waals surface area contributed by atoms with Gasteiger partial charge in [-0.25, -0.2) is 0 Å². The molecular weight excluding hydrogens is 250 g/mol. The molecule has 2 rings (SSSR count). The number of ether oxygens (including phenoxy) is 2. The van der Waals surface area contributed by atoms with Gasteiger partial charge in [0.2, 0.25) is 0 Å². The van der Waals surface area contributed by atoms with Gasteiger partial charge < -0.3 is 14.8 Å². The Kier molecular flexibility index (Phi) is 5.49. The first-order valence-electron chi connectivity index (χ1n) is 8.43. The van der Waals surface area contributed by atoms with E-state index < -0.39 is 0 Å². The quantitative estimate of drug-likeness (QED) is 0.809. The molecule has 0 amide bonds. The predicted molar refractivity (Wildman–Crippen MR) is 83.0 cm³/mol. The van der Waals surface area contributed by atoms with Gasteiger partial charge >= 0.3 is 0 Å². The second kappa shape index (κ2) is 6.76. The van der Waals surface area contributed by atoms with Gasteiger partial charge in [0.25, 0.3) is 0 Å². The third-order valence-corrected chi connectivity index (χ3v) is 5.35. The van der Waals surface area contributed by atoms with E-state index in [0.717, 1.165) is 25.5 Å². The van der Waals surface area contributed by atoms with Gasteiger partial charge in [-0.15, -0.1) is 0 Å². The van der Waals surface area contributed by atoms with Crippen molar-refractivity contribution in [3.8, 4) is 0 Å². The van der Waals surface area contributed by atoms with Crippen molar-refractivity contribution in [2.75, 3.05) is 20.3 Å². The largest absolute Gasteiger partial charge is 0.379 e. The Morgan fingerprint density at radius 3 is 2.65 bits per heavy atom. The molecule has 118 valence electrons. The minimum Gasteiger partial charge on any atom is -0.379 e. The van der Waals surface area contributed by atoms with E-state index in [1.54, 1.807) is 0 Å². The Balaban J connectivity index is 2.00. The number of nitrogens with one attached hydrogen (secondary N) is 1. The summed E-state index contributed by atoms with van der Waals surface area (Å²) in [7, 11) is 1.82. The van der Waals surface area contributed by atoms with Crippen LogP contribution >= 0.6 is 0 Å². The fourth-order valence-electron chi connectivity index (χ4n) is 4.06. The van der Waals surface area contributed by atoms with Gasteiger partial charge in [-0.05, 0) is 58.4 Å². The minimum absolute atomic E-state index is 0.0476. The summed E-state index contributed by atoms with van der Waals surface area (Å²) in [6.45, 7) is 8.58. The Labute approximate surface area is 124 Å². The van der Waals surface area contributed by atoms with E-state index in [0.29, 0.717) is 6.04 Å². The van der Waals surface area contributed by atoms with Crippen molar-refractivity contribution in [1.29, 1.82) is 0 Å². The average Bonchev–Trinajstić information content (AvgIpc) is 2.86. The lowest BCUT2D eigenvalue weighted by molar-refractivity contribution is -0.103. The lowest BCUT2D eigenvalue weighted by atomic mass is 9.77. The molecule has 1 aliphatic carbocycles. The molecule has 0 bridgehead atoms. The first-order chi connectivity index (χ1) is 9.50. The van der Waals surface area contributed by atoms with Crippen molar-refractivity contribution < 1.29 is 9.47 Å². The van der Waals surface area contributed by atoms with Gasteiger partial charge in [0.05, 0.1) is 11.2 Å². The van der Waals surface area contributed by atoms with Crippen LogP contribution in [0.2, 0.25) is 0 Å². The lowest BCUT2D eigenvalue weighted by Crippen LogP contribution is -2.48. The summed E-state index contributed by atoms with van der Waals surface area (Å²) in [5.74, 6) is 0.733. The van der Waals surface area contributed by atoms with Crippen molar-refractivity contribution in [3.63, 3.8) is 0 Å². The molecule has 3 heteroatoms. The highest BCUT2D eigenvalue weighted by Crippen LogP contribution is 2.43. The standard InChI is InChI=1S/C17H33NO2/c1-5-18-15(13-16(2,3)19-4)14-8-11-20-17(12-14)9-6-7-10-17/h14-15,18H,5-13H2,1-4H3. The first kappa shape index (κ1) is 16.3. The second-order valence-electron chi connectivity index (χ2n) is 7.32. The molecule has 2 atom stereocenters. The molecule has 3 nitrogen and oxygen atoms in total. The van der Waals surface area contributed by atoms with Crippen LogP contribution in [0.5, 0.6) is 0 Å². The van der Waals surface area contributed by atoms with Crippen molar-refractivity contribution in [3.05, 3.63) is 0 Å². The number of methoxy groups -OCH3 is 1. The molecule has 1 saturated carbocycles. The Morgan fingerprint density at radius 2 is 2.05 bits per heavy atom. The highest BCUT2D eigenvalue weighted by Gasteiger charge is 2.42. The molecule has 2 aliphatic rings. The van der Waals surface area contributed by atoms with Crippen LogP contribution in [0.3, 0.4) is 0 Å². The van der Waals surface area contributed by atoms with E-state index >= 15 is 0 Å². The topological polar surface area (TPSA) is 30.5 Å². The predicted octanol–water partition coefficient (Wildman–Crippen LogP) is 3.52. The zero-order valence-corrected chi connectivity index (χ0v) is 13.8. The molecular formula is C17H33NO2. The summed E-state index contributed by atoms with van der Waals surface area (Å²) in [6, 6.07) is 0.552. The molecule has 2 fully saturated rings. The van der Waals surface area contributed by atoms with E-state index in [2.05, 4.69) is 26.1 Å². The molecule has 0 aromatic rings. The van der Waals surface area contributed by atoms with Crippen LogP contribution in [-0.2, 0) is 9.47 Å². The summed E-state index contributed by atoms with van der Waals surface area (Å²) in [6.07, 6.45) is 8.76. The number of hydrogen-bond donors (Lipinski definition) is 1. The van der Waals surface area contributed by atoms with Gasteiger partial charge in [0.15, 0.2) is 0 Å². The van der Waals surface area contributed by atoms with Crippen molar-refractivity contribution in [2.24, 2.45) is 5.92 Å². The third kappa shape index (κ3) is 3.96. The fraction of sp³-hybridized carbons (Fsp3) is 1.00. The van der Waals surface area contributed by atoms with E-state index in [-0.39, 0.29) is 11.2 Å². The zero-order chi connectivity index (χ0) is 14.6. The molecule has 2 unspecified atom stereocenters. The highest BCUT2D eigenvalue weighted by molar-refractivity contribution is 4.95. The van der Waals surface area contributed by atoms with E-state index in [1.165, 1.54) is 38.5 Å². The van der Waals surface area contributed by atoms with Gasteiger partial charge in [-0.2, -0.15) is 0 Å². The number of hydrogen-bond acceptors (Lipinski definition) is 3. The molecule has 1 heterocycles. The van der Waals surface area contributed by atoms with Crippen molar-refractivity contribution in [1.82, 2.24) is 5.32 Å².